The zero-order valence-electron chi connectivity index (χ0n) is 8.11. The molecule has 0 radical (unpaired) electrons. The van der Waals surface area contributed by atoms with Gasteiger partial charge in [0.1, 0.15) is 5.82 Å². The standard InChI is InChI=1S/C11H15N3/c12-10-7-4-8-13-11(10)14-9-5-2-1-3-6-9/h1-2,4,7-9H,3,5-6,12H2,(H,13,14). The van der Waals surface area contributed by atoms with E-state index >= 15 is 0 Å². The lowest BCUT2D eigenvalue weighted by Crippen LogP contribution is -2.21. The molecule has 0 saturated heterocycles. The van der Waals surface area contributed by atoms with Gasteiger partial charge in [-0.1, -0.05) is 12.2 Å². The molecule has 14 heavy (non-hydrogen) atoms. The van der Waals surface area contributed by atoms with Crippen LogP contribution in [0.3, 0.4) is 0 Å². The molecule has 1 aliphatic carbocycles. The molecule has 0 spiro atoms. The number of allylic oxidation sites excluding steroid dienone is 1. The second-order valence-corrected chi connectivity index (χ2v) is 3.57. The van der Waals surface area contributed by atoms with Gasteiger partial charge in [-0.05, 0) is 31.4 Å². The van der Waals surface area contributed by atoms with Gasteiger partial charge < -0.3 is 11.1 Å². The third-order valence-electron chi connectivity index (χ3n) is 2.45. The summed E-state index contributed by atoms with van der Waals surface area (Å²) in [5, 5.41) is 3.36. The Bertz CT molecular complexity index is 333. The van der Waals surface area contributed by atoms with Gasteiger partial charge in [-0.3, -0.25) is 0 Å². The third-order valence-corrected chi connectivity index (χ3v) is 2.45. The maximum Gasteiger partial charge on any atom is 0.149 e. The summed E-state index contributed by atoms with van der Waals surface area (Å²) in [5.74, 6) is 0.813. The summed E-state index contributed by atoms with van der Waals surface area (Å²) in [6, 6.07) is 4.20. The fourth-order valence-electron chi connectivity index (χ4n) is 1.66. The van der Waals surface area contributed by atoms with E-state index < -0.39 is 0 Å². The lowest BCUT2D eigenvalue weighted by atomic mass is 10.0. The highest BCUT2D eigenvalue weighted by Gasteiger charge is 2.10. The van der Waals surface area contributed by atoms with E-state index in [2.05, 4.69) is 22.5 Å². The molecule has 0 saturated carbocycles. The van der Waals surface area contributed by atoms with E-state index in [1.165, 1.54) is 0 Å². The summed E-state index contributed by atoms with van der Waals surface area (Å²) in [4.78, 5) is 4.21. The number of rotatable bonds is 2. The molecule has 0 fully saturated rings. The van der Waals surface area contributed by atoms with Crippen molar-refractivity contribution >= 4 is 11.5 Å². The van der Waals surface area contributed by atoms with Crippen LogP contribution in [0.25, 0.3) is 0 Å². The van der Waals surface area contributed by atoms with Gasteiger partial charge in [0.25, 0.3) is 0 Å². The van der Waals surface area contributed by atoms with Crippen molar-refractivity contribution < 1.29 is 0 Å². The molecular weight excluding hydrogens is 174 g/mol. The predicted molar refractivity (Wildman–Crippen MR) is 59.1 cm³/mol. The Morgan fingerprint density at radius 3 is 3.07 bits per heavy atom. The minimum atomic E-state index is 0.484. The smallest absolute Gasteiger partial charge is 0.149 e. The number of pyridine rings is 1. The summed E-state index contributed by atoms with van der Waals surface area (Å²) < 4.78 is 0. The van der Waals surface area contributed by atoms with E-state index in [1.807, 2.05) is 12.1 Å². The summed E-state index contributed by atoms with van der Waals surface area (Å²) in [6.07, 6.45) is 9.56. The predicted octanol–water partition coefficient (Wildman–Crippen LogP) is 2.18. The highest BCUT2D eigenvalue weighted by molar-refractivity contribution is 5.60. The van der Waals surface area contributed by atoms with Crippen molar-refractivity contribution in [3.63, 3.8) is 0 Å². The number of nitrogens with zero attached hydrogens (tertiary/aromatic N) is 1. The Balaban J connectivity index is 2.03. The van der Waals surface area contributed by atoms with Crippen LogP contribution >= 0.6 is 0 Å². The van der Waals surface area contributed by atoms with Gasteiger partial charge in [0.15, 0.2) is 0 Å². The second-order valence-electron chi connectivity index (χ2n) is 3.57. The summed E-state index contributed by atoms with van der Waals surface area (Å²) in [6.45, 7) is 0. The first-order valence-electron chi connectivity index (χ1n) is 4.98. The molecule has 1 aliphatic rings. The lowest BCUT2D eigenvalue weighted by molar-refractivity contribution is 0.642. The maximum atomic E-state index is 5.79. The van der Waals surface area contributed by atoms with E-state index in [0.29, 0.717) is 6.04 Å². The average Bonchev–Trinajstić information content (AvgIpc) is 2.23. The van der Waals surface area contributed by atoms with Gasteiger partial charge in [-0.25, -0.2) is 4.98 Å². The van der Waals surface area contributed by atoms with E-state index in [4.69, 9.17) is 5.73 Å². The zero-order chi connectivity index (χ0) is 9.80. The monoisotopic (exact) mass is 189 g/mol. The maximum absolute atomic E-state index is 5.79. The zero-order valence-corrected chi connectivity index (χ0v) is 8.11. The van der Waals surface area contributed by atoms with E-state index in [9.17, 15) is 0 Å². The van der Waals surface area contributed by atoms with Crippen molar-refractivity contribution in [1.82, 2.24) is 4.98 Å². The fourth-order valence-corrected chi connectivity index (χ4v) is 1.66. The molecular formula is C11H15N3. The minimum Gasteiger partial charge on any atom is -0.396 e. The molecule has 0 amide bonds. The Kier molecular flexibility index (Phi) is 2.68. The first-order valence-corrected chi connectivity index (χ1v) is 4.98. The topological polar surface area (TPSA) is 50.9 Å². The Labute approximate surface area is 84.0 Å². The quantitative estimate of drug-likeness (QED) is 0.701. The van der Waals surface area contributed by atoms with Crippen LogP contribution in [-0.4, -0.2) is 11.0 Å². The van der Waals surface area contributed by atoms with E-state index in [1.54, 1.807) is 6.20 Å². The number of hydrogen-bond acceptors (Lipinski definition) is 3. The lowest BCUT2D eigenvalue weighted by Gasteiger charge is -2.20. The molecule has 74 valence electrons. The Morgan fingerprint density at radius 1 is 1.43 bits per heavy atom. The Morgan fingerprint density at radius 2 is 2.36 bits per heavy atom. The van der Waals surface area contributed by atoms with Gasteiger partial charge in [-0.2, -0.15) is 0 Å². The van der Waals surface area contributed by atoms with Crippen LogP contribution in [0.2, 0.25) is 0 Å². The van der Waals surface area contributed by atoms with Crippen molar-refractivity contribution in [2.75, 3.05) is 11.1 Å². The number of aromatic nitrogens is 1. The van der Waals surface area contributed by atoms with Crippen LogP contribution in [0.4, 0.5) is 11.5 Å². The number of nitrogens with two attached hydrogens (primary N) is 1. The molecule has 1 heterocycles. The van der Waals surface area contributed by atoms with E-state index in [0.717, 1.165) is 30.8 Å². The van der Waals surface area contributed by atoms with Crippen LogP contribution in [-0.2, 0) is 0 Å². The molecule has 0 aromatic carbocycles. The summed E-state index contributed by atoms with van der Waals surface area (Å²) in [7, 11) is 0. The highest BCUT2D eigenvalue weighted by atomic mass is 15.0. The number of anilines is 2. The molecule has 1 atom stereocenters. The van der Waals surface area contributed by atoms with Gasteiger partial charge in [-0.15, -0.1) is 0 Å². The second kappa shape index (κ2) is 4.13. The van der Waals surface area contributed by atoms with Crippen LogP contribution in [0, 0.1) is 0 Å². The normalized spacial score (nSPS) is 20.7. The van der Waals surface area contributed by atoms with Gasteiger partial charge >= 0.3 is 0 Å². The van der Waals surface area contributed by atoms with Crippen LogP contribution in [0.5, 0.6) is 0 Å². The van der Waals surface area contributed by atoms with Crippen molar-refractivity contribution in [1.29, 1.82) is 0 Å². The molecule has 3 heteroatoms. The average molecular weight is 189 g/mol. The van der Waals surface area contributed by atoms with Crippen molar-refractivity contribution in [2.45, 2.75) is 25.3 Å². The number of hydrogen-bond donors (Lipinski definition) is 2. The third kappa shape index (κ3) is 2.05. The Hall–Kier alpha value is -1.51. The van der Waals surface area contributed by atoms with Crippen LogP contribution < -0.4 is 11.1 Å². The van der Waals surface area contributed by atoms with Crippen molar-refractivity contribution in [3.05, 3.63) is 30.5 Å². The van der Waals surface area contributed by atoms with Crippen LogP contribution in [0.15, 0.2) is 30.5 Å². The first kappa shape index (κ1) is 9.06. The molecule has 1 unspecified atom stereocenters. The molecule has 0 bridgehead atoms. The molecule has 2 rings (SSSR count). The minimum absolute atomic E-state index is 0.484. The number of nitrogens with one attached hydrogen (secondary N) is 1. The van der Waals surface area contributed by atoms with Gasteiger partial charge in [0.05, 0.1) is 5.69 Å². The largest absolute Gasteiger partial charge is 0.396 e. The van der Waals surface area contributed by atoms with Crippen molar-refractivity contribution in [2.24, 2.45) is 0 Å². The van der Waals surface area contributed by atoms with E-state index in [-0.39, 0.29) is 0 Å². The molecule has 3 N–H and O–H groups in total. The molecule has 3 nitrogen and oxygen atoms in total. The molecule has 1 aromatic heterocycles. The fraction of sp³-hybridized carbons (Fsp3) is 0.364. The first-order chi connectivity index (χ1) is 6.86. The van der Waals surface area contributed by atoms with Gasteiger partial charge in [0.2, 0.25) is 0 Å². The highest BCUT2D eigenvalue weighted by Crippen LogP contribution is 2.19. The van der Waals surface area contributed by atoms with Crippen molar-refractivity contribution in [3.8, 4) is 0 Å². The van der Waals surface area contributed by atoms with Gasteiger partial charge in [0, 0.05) is 12.2 Å². The van der Waals surface area contributed by atoms with Crippen LogP contribution in [0.1, 0.15) is 19.3 Å². The number of nitrogen functional groups attached to an aromatic ring is 1. The SMILES string of the molecule is Nc1cccnc1NC1CC=CCC1. The molecule has 1 aromatic rings. The molecule has 0 aliphatic heterocycles. The summed E-state index contributed by atoms with van der Waals surface area (Å²) in [5.41, 5.74) is 6.52. The summed E-state index contributed by atoms with van der Waals surface area (Å²) >= 11 is 0.